The molecule has 0 amide bonds. The molecule has 240 valence electrons. The van der Waals surface area contributed by atoms with Crippen LogP contribution in [0, 0.1) is 0 Å². The molecule has 0 fully saturated rings. The molecule has 0 unspecified atom stereocenters. The van der Waals surface area contributed by atoms with E-state index in [0.29, 0.717) is 0 Å². The van der Waals surface area contributed by atoms with E-state index in [0.717, 1.165) is 38.9 Å². The number of pyridine rings is 1. The quantitative estimate of drug-likeness (QED) is 0.173. The van der Waals surface area contributed by atoms with Gasteiger partial charge < -0.3 is 8.98 Å². The highest BCUT2D eigenvalue weighted by Crippen LogP contribution is 2.41. The molecular weight excluding hydrogens is 633 g/mol. The van der Waals surface area contributed by atoms with Crippen LogP contribution in [-0.4, -0.2) is 9.55 Å². The zero-order valence-electron chi connectivity index (χ0n) is 28.0. The van der Waals surface area contributed by atoms with Crippen LogP contribution in [0.25, 0.3) is 115 Å². The Kier molecular flexibility index (Phi) is 5.50. The van der Waals surface area contributed by atoms with Gasteiger partial charge in [-0.05, 0) is 102 Å². The van der Waals surface area contributed by atoms with Crippen molar-refractivity contribution in [2.45, 2.75) is 0 Å². The summed E-state index contributed by atoms with van der Waals surface area (Å²) in [5, 5.41) is 17.1. The van der Waals surface area contributed by atoms with Gasteiger partial charge in [0, 0.05) is 32.8 Å². The fourth-order valence-electron chi connectivity index (χ4n) is 8.78. The second kappa shape index (κ2) is 10.3. The van der Waals surface area contributed by atoms with Crippen LogP contribution in [0.15, 0.2) is 174 Å². The molecule has 52 heavy (non-hydrogen) atoms. The Morgan fingerprint density at radius 1 is 0.365 bits per heavy atom. The maximum atomic E-state index is 6.48. The lowest BCUT2D eigenvalue weighted by Gasteiger charge is -2.11. The number of fused-ring (bicyclic) bond motifs is 15. The minimum absolute atomic E-state index is 0.796. The highest BCUT2D eigenvalue weighted by molar-refractivity contribution is 6.28. The van der Waals surface area contributed by atoms with Crippen LogP contribution < -0.4 is 0 Å². The summed E-state index contributed by atoms with van der Waals surface area (Å²) in [5.74, 6) is 0. The Labute approximate surface area is 297 Å². The molecule has 12 aromatic rings. The first-order chi connectivity index (χ1) is 25.8. The van der Waals surface area contributed by atoms with Gasteiger partial charge in [-0.15, -0.1) is 0 Å². The first-order valence-corrected chi connectivity index (χ1v) is 17.8. The lowest BCUT2D eigenvalue weighted by Crippen LogP contribution is -1.94. The van der Waals surface area contributed by atoms with E-state index in [2.05, 4.69) is 168 Å². The number of furan rings is 1. The van der Waals surface area contributed by atoms with Gasteiger partial charge in [-0.1, -0.05) is 115 Å². The summed E-state index contributed by atoms with van der Waals surface area (Å²) in [6, 6.07) is 59.5. The maximum absolute atomic E-state index is 6.48. The summed E-state index contributed by atoms with van der Waals surface area (Å²) in [6.45, 7) is 0. The highest BCUT2D eigenvalue weighted by atomic mass is 16.3. The fraction of sp³-hybridized carbons (Fsp3) is 0. The predicted octanol–water partition coefficient (Wildman–Crippen LogP) is 13.5. The van der Waals surface area contributed by atoms with Gasteiger partial charge >= 0.3 is 0 Å². The van der Waals surface area contributed by atoms with E-state index in [1.807, 2.05) is 6.20 Å². The number of rotatable bonds is 2. The van der Waals surface area contributed by atoms with Gasteiger partial charge in [0.05, 0.1) is 22.9 Å². The summed E-state index contributed by atoms with van der Waals surface area (Å²) < 4.78 is 8.88. The molecule has 0 aliphatic carbocycles. The van der Waals surface area contributed by atoms with Gasteiger partial charge in [0.2, 0.25) is 0 Å². The molecule has 0 saturated heterocycles. The zero-order chi connectivity index (χ0) is 33.9. The first kappa shape index (κ1) is 27.8. The average molecular weight is 661 g/mol. The summed E-state index contributed by atoms with van der Waals surface area (Å²) in [4.78, 5) is 4.96. The molecule has 0 spiro atoms. The molecule has 0 radical (unpaired) electrons. The van der Waals surface area contributed by atoms with Gasteiger partial charge in [0.25, 0.3) is 0 Å². The van der Waals surface area contributed by atoms with E-state index in [-0.39, 0.29) is 0 Å². The highest BCUT2D eigenvalue weighted by Gasteiger charge is 2.17. The molecule has 3 aromatic heterocycles. The Hall–Kier alpha value is -6.97. The maximum Gasteiger partial charge on any atom is 0.153 e. The van der Waals surface area contributed by atoms with Gasteiger partial charge in [0.1, 0.15) is 5.58 Å². The van der Waals surface area contributed by atoms with Crippen molar-refractivity contribution in [3.05, 3.63) is 170 Å². The normalized spacial score (nSPS) is 12.2. The van der Waals surface area contributed by atoms with Crippen molar-refractivity contribution >= 4 is 97.6 Å². The van der Waals surface area contributed by atoms with E-state index < -0.39 is 0 Å². The molecule has 0 atom stereocenters. The second-order valence-electron chi connectivity index (χ2n) is 13.9. The minimum Gasteiger partial charge on any atom is -0.454 e. The summed E-state index contributed by atoms with van der Waals surface area (Å²) >= 11 is 0. The largest absolute Gasteiger partial charge is 0.454 e. The molecule has 0 N–H and O–H groups in total. The number of para-hydroxylation sites is 1. The second-order valence-corrected chi connectivity index (χ2v) is 13.9. The van der Waals surface area contributed by atoms with Gasteiger partial charge in [0.15, 0.2) is 5.58 Å². The molecule has 12 rings (SSSR count). The smallest absolute Gasteiger partial charge is 0.153 e. The SMILES string of the molecule is c1ccc2c(c1)ccc1ccc(-n3c4ccccc4c4cc(-c5cc6c(cn5)oc5cc7c8ccccc8c8ccccc8c7cc56)ccc43)cc12. The zero-order valence-corrected chi connectivity index (χ0v) is 28.0. The van der Waals surface area contributed by atoms with Crippen LogP contribution >= 0.6 is 0 Å². The monoisotopic (exact) mass is 660 g/mol. The van der Waals surface area contributed by atoms with E-state index in [1.54, 1.807) is 0 Å². The third-order valence-corrected chi connectivity index (χ3v) is 11.2. The number of nitrogens with zero attached hydrogens (tertiary/aromatic N) is 2. The Balaban J connectivity index is 1.06. The Morgan fingerprint density at radius 2 is 0.962 bits per heavy atom. The molecule has 3 heterocycles. The van der Waals surface area contributed by atoms with Gasteiger partial charge in [-0.25, -0.2) is 0 Å². The molecule has 0 saturated carbocycles. The third kappa shape index (κ3) is 3.82. The standard InChI is InChI=1S/C49H28N2O/c1-2-10-33-29(9-1)17-18-30-19-21-32(24-39(30)33)51-46-16-8-7-15-38(46)42-23-31(20-22-47(42)51)45-26-44-43-25-40-36-13-5-3-11-34(36)35-12-4-6-14-37(35)41(40)27-48(43)52-49(44)28-50-45/h1-28H. The van der Waals surface area contributed by atoms with E-state index in [9.17, 15) is 0 Å². The summed E-state index contributed by atoms with van der Waals surface area (Å²) in [7, 11) is 0. The number of hydrogen-bond donors (Lipinski definition) is 0. The van der Waals surface area contributed by atoms with Crippen LogP contribution in [-0.2, 0) is 0 Å². The van der Waals surface area contributed by atoms with Crippen molar-refractivity contribution in [1.29, 1.82) is 0 Å². The topological polar surface area (TPSA) is 31.0 Å². The van der Waals surface area contributed by atoms with Crippen LogP contribution in [0.5, 0.6) is 0 Å². The van der Waals surface area contributed by atoms with Crippen molar-refractivity contribution < 1.29 is 4.42 Å². The van der Waals surface area contributed by atoms with Crippen molar-refractivity contribution in [3.63, 3.8) is 0 Å². The van der Waals surface area contributed by atoms with E-state index in [1.165, 1.54) is 75.7 Å². The fourth-order valence-corrected chi connectivity index (χ4v) is 8.78. The number of hydrogen-bond acceptors (Lipinski definition) is 2. The molecule has 3 heteroatoms. The molecule has 0 aliphatic heterocycles. The molecule has 0 bridgehead atoms. The van der Waals surface area contributed by atoms with Gasteiger partial charge in [-0.3, -0.25) is 4.98 Å². The number of benzene rings is 9. The van der Waals surface area contributed by atoms with Crippen LogP contribution in [0.3, 0.4) is 0 Å². The molecule has 3 nitrogen and oxygen atoms in total. The average Bonchev–Trinajstić information content (AvgIpc) is 3.74. The van der Waals surface area contributed by atoms with Crippen molar-refractivity contribution in [3.8, 4) is 16.9 Å². The van der Waals surface area contributed by atoms with Crippen molar-refractivity contribution in [2.75, 3.05) is 0 Å². The Bertz CT molecular complexity index is 3480. The van der Waals surface area contributed by atoms with Crippen LogP contribution in [0.1, 0.15) is 0 Å². The first-order valence-electron chi connectivity index (χ1n) is 17.8. The third-order valence-electron chi connectivity index (χ3n) is 11.2. The van der Waals surface area contributed by atoms with E-state index in [4.69, 9.17) is 9.40 Å². The molecular formula is C49H28N2O. The summed E-state index contributed by atoms with van der Waals surface area (Å²) in [5.41, 5.74) is 7.19. The van der Waals surface area contributed by atoms with Crippen LogP contribution in [0.4, 0.5) is 0 Å². The van der Waals surface area contributed by atoms with Crippen molar-refractivity contribution in [1.82, 2.24) is 9.55 Å². The number of aromatic nitrogens is 2. The van der Waals surface area contributed by atoms with E-state index >= 15 is 0 Å². The lowest BCUT2D eigenvalue weighted by molar-refractivity contribution is 0.667. The summed E-state index contributed by atoms with van der Waals surface area (Å²) in [6.07, 6.45) is 1.89. The Morgan fingerprint density at radius 3 is 1.75 bits per heavy atom. The van der Waals surface area contributed by atoms with Crippen molar-refractivity contribution in [2.24, 2.45) is 0 Å². The lowest BCUT2D eigenvalue weighted by atomic mass is 9.93. The predicted molar refractivity (Wildman–Crippen MR) is 219 cm³/mol. The van der Waals surface area contributed by atoms with Gasteiger partial charge in [-0.2, -0.15) is 0 Å². The van der Waals surface area contributed by atoms with Crippen LogP contribution in [0.2, 0.25) is 0 Å². The molecule has 9 aromatic carbocycles. The minimum atomic E-state index is 0.796. The molecule has 0 aliphatic rings.